The number of amides is 2. The van der Waals surface area contributed by atoms with E-state index in [4.69, 9.17) is 0 Å². The van der Waals surface area contributed by atoms with Gasteiger partial charge in [0.15, 0.2) is 0 Å². The van der Waals surface area contributed by atoms with Gasteiger partial charge in [0.2, 0.25) is 0 Å². The number of nitrogens with zero attached hydrogens (tertiary/aromatic N) is 3. The summed E-state index contributed by atoms with van der Waals surface area (Å²) in [4.78, 5) is 25.6. The zero-order chi connectivity index (χ0) is 17.1. The lowest BCUT2D eigenvalue weighted by Gasteiger charge is -2.30. The van der Waals surface area contributed by atoms with Crippen molar-refractivity contribution >= 4 is 12.0 Å². The van der Waals surface area contributed by atoms with Gasteiger partial charge in [0.05, 0.1) is 0 Å². The number of rotatable bonds is 4. The molecule has 2 amide bonds. The molecule has 1 aliphatic heterocycles. The Morgan fingerprint density at radius 2 is 2.04 bits per heavy atom. The van der Waals surface area contributed by atoms with Crippen LogP contribution in [-0.4, -0.2) is 44.4 Å². The largest absolute Gasteiger partial charge is 0.480 e. The van der Waals surface area contributed by atoms with Crippen molar-refractivity contribution in [1.82, 2.24) is 20.0 Å². The van der Waals surface area contributed by atoms with E-state index < -0.39 is 12.0 Å². The van der Waals surface area contributed by atoms with Gasteiger partial charge in [-0.15, -0.1) is 0 Å². The zero-order valence-corrected chi connectivity index (χ0v) is 13.5. The number of carbonyl (C=O) groups excluding carboxylic acids is 1. The van der Waals surface area contributed by atoms with E-state index in [1.54, 1.807) is 28.9 Å². The molecular weight excluding hydrogens is 308 g/mol. The highest BCUT2D eigenvalue weighted by Crippen LogP contribution is 2.18. The first kappa shape index (κ1) is 16.0. The number of carbonyl (C=O) groups is 2. The molecule has 7 heteroatoms. The molecule has 1 aromatic heterocycles. The van der Waals surface area contributed by atoms with E-state index in [9.17, 15) is 14.7 Å². The molecule has 0 saturated carbocycles. The fourth-order valence-corrected chi connectivity index (χ4v) is 2.92. The molecule has 0 spiro atoms. The lowest BCUT2D eigenvalue weighted by Crippen LogP contribution is -2.50. The fraction of sp³-hybridized carbons (Fsp3) is 0.353. The van der Waals surface area contributed by atoms with E-state index in [1.807, 2.05) is 18.2 Å². The van der Waals surface area contributed by atoms with Crippen LogP contribution >= 0.6 is 0 Å². The van der Waals surface area contributed by atoms with Crippen molar-refractivity contribution in [2.75, 3.05) is 6.54 Å². The van der Waals surface area contributed by atoms with E-state index in [0.717, 1.165) is 17.7 Å². The Morgan fingerprint density at radius 3 is 2.71 bits per heavy atom. The number of aliphatic carboxylic acids is 1. The average molecular weight is 328 g/mol. The summed E-state index contributed by atoms with van der Waals surface area (Å²) < 4.78 is 1.61. The molecule has 0 saturated heterocycles. The number of nitrogens with one attached hydrogen (secondary N) is 1. The summed E-state index contributed by atoms with van der Waals surface area (Å²) in [5.41, 5.74) is 3.11. The number of carboxylic acids is 1. The summed E-state index contributed by atoms with van der Waals surface area (Å²) >= 11 is 0. The minimum absolute atomic E-state index is 0.196. The van der Waals surface area contributed by atoms with Crippen LogP contribution in [0.5, 0.6) is 0 Å². The number of carboxylic acid groups (broad SMARTS) is 1. The lowest BCUT2D eigenvalue weighted by molar-refractivity contribution is -0.139. The second-order valence-corrected chi connectivity index (χ2v) is 5.93. The molecule has 24 heavy (non-hydrogen) atoms. The Balaban J connectivity index is 1.66. The Bertz CT molecular complexity index is 756. The number of hydrogen-bond donors (Lipinski definition) is 2. The minimum atomic E-state index is -1.05. The van der Waals surface area contributed by atoms with Crippen molar-refractivity contribution in [2.24, 2.45) is 7.05 Å². The highest BCUT2D eigenvalue weighted by Gasteiger charge is 2.26. The van der Waals surface area contributed by atoms with Crippen molar-refractivity contribution in [2.45, 2.75) is 25.4 Å². The zero-order valence-electron chi connectivity index (χ0n) is 13.5. The van der Waals surface area contributed by atoms with Gasteiger partial charge in [-0.25, -0.2) is 9.59 Å². The summed E-state index contributed by atoms with van der Waals surface area (Å²) in [7, 11) is 1.75. The van der Waals surface area contributed by atoms with E-state index in [2.05, 4.69) is 16.5 Å². The third-order valence-corrected chi connectivity index (χ3v) is 4.35. The normalized spacial score (nSPS) is 14.8. The molecule has 1 atom stereocenters. The molecule has 2 aromatic rings. The highest BCUT2D eigenvalue weighted by molar-refractivity contribution is 5.83. The molecule has 2 N–H and O–H groups in total. The Hall–Kier alpha value is -2.83. The van der Waals surface area contributed by atoms with Crippen LogP contribution in [0.3, 0.4) is 0 Å². The molecule has 0 aliphatic carbocycles. The molecule has 0 bridgehead atoms. The van der Waals surface area contributed by atoms with Gasteiger partial charge in [0, 0.05) is 38.4 Å². The number of aromatic nitrogens is 2. The molecule has 1 aliphatic rings. The molecule has 0 radical (unpaired) electrons. The number of urea groups is 1. The van der Waals surface area contributed by atoms with E-state index in [-0.39, 0.29) is 12.5 Å². The summed E-state index contributed by atoms with van der Waals surface area (Å²) in [6, 6.07) is 8.42. The maximum absolute atomic E-state index is 12.5. The quantitative estimate of drug-likeness (QED) is 0.882. The van der Waals surface area contributed by atoms with Crippen LogP contribution in [0.25, 0.3) is 0 Å². The second kappa shape index (κ2) is 6.74. The molecule has 3 rings (SSSR count). The van der Waals surface area contributed by atoms with Crippen LogP contribution in [0.15, 0.2) is 36.5 Å². The van der Waals surface area contributed by atoms with Gasteiger partial charge >= 0.3 is 12.0 Å². The molecule has 1 aromatic carbocycles. The number of aryl methyl sites for hydroxylation is 1. The first-order valence-electron chi connectivity index (χ1n) is 7.86. The van der Waals surface area contributed by atoms with E-state index in [0.29, 0.717) is 13.1 Å². The topological polar surface area (TPSA) is 87.5 Å². The average Bonchev–Trinajstić information content (AvgIpc) is 2.98. The molecule has 1 unspecified atom stereocenters. The van der Waals surface area contributed by atoms with Crippen molar-refractivity contribution in [3.63, 3.8) is 0 Å². The highest BCUT2D eigenvalue weighted by atomic mass is 16.4. The fourth-order valence-electron chi connectivity index (χ4n) is 2.92. The van der Waals surface area contributed by atoms with Gasteiger partial charge in [-0.2, -0.15) is 5.10 Å². The number of benzene rings is 1. The van der Waals surface area contributed by atoms with Crippen LogP contribution in [0.4, 0.5) is 4.79 Å². The van der Waals surface area contributed by atoms with Gasteiger partial charge in [0.1, 0.15) is 6.04 Å². The molecule has 0 fully saturated rings. The number of hydrogen-bond acceptors (Lipinski definition) is 3. The second-order valence-electron chi connectivity index (χ2n) is 5.93. The monoisotopic (exact) mass is 328 g/mol. The smallest absolute Gasteiger partial charge is 0.326 e. The van der Waals surface area contributed by atoms with Gasteiger partial charge in [0.25, 0.3) is 0 Å². The van der Waals surface area contributed by atoms with Crippen LogP contribution in [0.2, 0.25) is 0 Å². The molecule has 2 heterocycles. The number of fused-ring (bicyclic) bond motifs is 1. The van der Waals surface area contributed by atoms with E-state index in [1.165, 1.54) is 5.56 Å². The summed E-state index contributed by atoms with van der Waals surface area (Å²) in [5, 5.41) is 16.1. The van der Waals surface area contributed by atoms with Crippen LogP contribution in [-0.2, 0) is 31.2 Å². The van der Waals surface area contributed by atoms with Gasteiger partial charge < -0.3 is 15.3 Å². The van der Waals surface area contributed by atoms with Crippen LogP contribution in [0, 0.1) is 0 Å². The maximum Gasteiger partial charge on any atom is 0.326 e. The van der Waals surface area contributed by atoms with Crippen molar-refractivity contribution < 1.29 is 14.7 Å². The van der Waals surface area contributed by atoms with Crippen molar-refractivity contribution in [3.8, 4) is 0 Å². The lowest BCUT2D eigenvalue weighted by atomic mass is 10.0. The Kier molecular flexibility index (Phi) is 4.50. The van der Waals surface area contributed by atoms with Crippen molar-refractivity contribution in [1.29, 1.82) is 0 Å². The third-order valence-electron chi connectivity index (χ3n) is 4.35. The SMILES string of the molecule is Cn1nccc1CC(NC(=O)N1CCc2ccccc2C1)C(=O)O. The summed E-state index contributed by atoms with van der Waals surface area (Å²) in [5.74, 6) is -1.05. The van der Waals surface area contributed by atoms with Gasteiger partial charge in [-0.3, -0.25) is 4.68 Å². The standard InChI is InChI=1S/C17H20N4O3/c1-20-14(6-8-18-20)10-15(16(22)23)19-17(24)21-9-7-12-4-2-3-5-13(12)11-21/h2-6,8,15H,7,9-11H2,1H3,(H,19,24)(H,22,23). The molecular formula is C17H20N4O3. The van der Waals surface area contributed by atoms with E-state index >= 15 is 0 Å². The Labute approximate surface area is 139 Å². The van der Waals surface area contributed by atoms with Crippen molar-refractivity contribution in [3.05, 3.63) is 53.3 Å². The Morgan fingerprint density at radius 1 is 1.29 bits per heavy atom. The summed E-state index contributed by atoms with van der Waals surface area (Å²) in [6.07, 6.45) is 2.59. The third kappa shape index (κ3) is 3.40. The van der Waals surface area contributed by atoms with Gasteiger partial charge in [-0.05, 0) is 23.6 Å². The molecule has 126 valence electrons. The van der Waals surface area contributed by atoms with Crippen LogP contribution < -0.4 is 5.32 Å². The first-order chi connectivity index (χ1) is 11.5. The first-order valence-corrected chi connectivity index (χ1v) is 7.86. The predicted molar refractivity (Wildman–Crippen MR) is 87.4 cm³/mol. The van der Waals surface area contributed by atoms with Gasteiger partial charge in [-0.1, -0.05) is 24.3 Å². The van der Waals surface area contributed by atoms with Crippen LogP contribution in [0.1, 0.15) is 16.8 Å². The minimum Gasteiger partial charge on any atom is -0.480 e. The molecule has 7 nitrogen and oxygen atoms in total. The predicted octanol–water partition coefficient (Wildman–Crippen LogP) is 1.18. The summed E-state index contributed by atoms with van der Waals surface area (Å²) in [6.45, 7) is 1.08. The maximum atomic E-state index is 12.5.